The van der Waals surface area contributed by atoms with Gasteiger partial charge >= 0.3 is 0 Å². The first kappa shape index (κ1) is 13.6. The first-order valence-electron chi connectivity index (χ1n) is 6.42. The van der Waals surface area contributed by atoms with Crippen molar-refractivity contribution in [1.29, 1.82) is 0 Å². The molecule has 3 rings (SSSR count). The van der Waals surface area contributed by atoms with Crippen LogP contribution in [0.3, 0.4) is 0 Å². The van der Waals surface area contributed by atoms with E-state index in [4.69, 9.17) is 18.0 Å². The molecule has 0 amide bonds. The zero-order valence-corrected chi connectivity index (χ0v) is 12.2. The predicted molar refractivity (Wildman–Crippen MR) is 84.4 cm³/mol. The molecule has 4 nitrogen and oxygen atoms in total. The number of nitrogens with zero attached hydrogens (tertiary/aromatic N) is 3. The standard InChI is InChI=1S/C15H13FN4S/c1-9-5-12-15(18-7-9)20(8-13(17)21)14(19-12)10-3-2-4-11(16)6-10/h2-7H,8H2,1H3,(H2,17,21). The van der Waals surface area contributed by atoms with E-state index in [2.05, 4.69) is 9.97 Å². The molecule has 0 radical (unpaired) electrons. The van der Waals surface area contributed by atoms with Gasteiger partial charge in [0.1, 0.15) is 17.2 Å². The lowest BCUT2D eigenvalue weighted by molar-refractivity contribution is 0.628. The van der Waals surface area contributed by atoms with Crippen molar-refractivity contribution in [3.05, 3.63) is 47.9 Å². The molecule has 0 bridgehead atoms. The maximum atomic E-state index is 13.5. The number of benzene rings is 1. The fraction of sp³-hybridized carbons (Fsp3) is 0.133. The van der Waals surface area contributed by atoms with Gasteiger partial charge in [-0.25, -0.2) is 14.4 Å². The van der Waals surface area contributed by atoms with E-state index >= 15 is 0 Å². The van der Waals surface area contributed by atoms with Crippen LogP contribution >= 0.6 is 12.2 Å². The molecule has 0 fully saturated rings. The van der Waals surface area contributed by atoms with Crippen LogP contribution in [0.5, 0.6) is 0 Å². The van der Waals surface area contributed by atoms with Gasteiger partial charge in [-0.1, -0.05) is 24.4 Å². The number of fused-ring (bicyclic) bond motifs is 1. The Bertz CT molecular complexity index is 841. The summed E-state index contributed by atoms with van der Waals surface area (Å²) < 4.78 is 15.3. The van der Waals surface area contributed by atoms with Crippen molar-refractivity contribution in [3.63, 3.8) is 0 Å². The fourth-order valence-corrected chi connectivity index (χ4v) is 2.39. The highest BCUT2D eigenvalue weighted by molar-refractivity contribution is 7.80. The number of aryl methyl sites for hydroxylation is 1. The number of halogens is 1. The molecule has 2 heterocycles. The smallest absolute Gasteiger partial charge is 0.160 e. The highest BCUT2D eigenvalue weighted by Crippen LogP contribution is 2.24. The molecule has 0 unspecified atom stereocenters. The lowest BCUT2D eigenvalue weighted by Gasteiger charge is -2.07. The van der Waals surface area contributed by atoms with Crippen molar-refractivity contribution in [2.75, 3.05) is 0 Å². The molecular weight excluding hydrogens is 287 g/mol. The van der Waals surface area contributed by atoms with Gasteiger partial charge in [0.2, 0.25) is 0 Å². The number of rotatable bonds is 3. The Kier molecular flexibility index (Phi) is 3.39. The summed E-state index contributed by atoms with van der Waals surface area (Å²) >= 11 is 4.99. The molecule has 0 aliphatic carbocycles. The van der Waals surface area contributed by atoms with E-state index in [9.17, 15) is 4.39 Å². The number of thiocarbonyl (C=S) groups is 1. The molecule has 2 aromatic heterocycles. The van der Waals surface area contributed by atoms with Gasteiger partial charge < -0.3 is 10.3 Å². The third kappa shape index (κ3) is 2.62. The predicted octanol–water partition coefficient (Wildman–Crippen LogP) is 2.83. The zero-order valence-electron chi connectivity index (χ0n) is 11.4. The first-order valence-corrected chi connectivity index (χ1v) is 6.82. The lowest BCUT2D eigenvalue weighted by atomic mass is 10.2. The van der Waals surface area contributed by atoms with Gasteiger partial charge in [-0.05, 0) is 30.7 Å². The highest BCUT2D eigenvalue weighted by Gasteiger charge is 2.14. The van der Waals surface area contributed by atoms with Crippen LogP contribution in [0.1, 0.15) is 5.56 Å². The van der Waals surface area contributed by atoms with E-state index in [1.165, 1.54) is 12.1 Å². The third-order valence-electron chi connectivity index (χ3n) is 3.12. The molecule has 0 spiro atoms. The average Bonchev–Trinajstić information content (AvgIpc) is 2.76. The Balaban J connectivity index is 2.27. The summed E-state index contributed by atoms with van der Waals surface area (Å²) in [4.78, 5) is 9.28. The number of hydrogen-bond donors (Lipinski definition) is 1. The van der Waals surface area contributed by atoms with Crippen LogP contribution in [0.25, 0.3) is 22.6 Å². The summed E-state index contributed by atoms with van der Waals surface area (Å²) in [5.41, 5.74) is 8.77. The van der Waals surface area contributed by atoms with Crippen LogP contribution in [0.15, 0.2) is 36.5 Å². The monoisotopic (exact) mass is 300 g/mol. The van der Waals surface area contributed by atoms with Crippen molar-refractivity contribution in [2.45, 2.75) is 13.5 Å². The number of aromatic nitrogens is 3. The van der Waals surface area contributed by atoms with E-state index < -0.39 is 0 Å². The van der Waals surface area contributed by atoms with Gasteiger partial charge in [0.05, 0.1) is 11.5 Å². The van der Waals surface area contributed by atoms with E-state index in [-0.39, 0.29) is 5.82 Å². The van der Waals surface area contributed by atoms with Crippen molar-refractivity contribution in [3.8, 4) is 11.4 Å². The second-order valence-electron chi connectivity index (χ2n) is 4.85. The largest absolute Gasteiger partial charge is 0.392 e. The van der Waals surface area contributed by atoms with Crippen molar-refractivity contribution >= 4 is 28.4 Å². The topological polar surface area (TPSA) is 56.7 Å². The number of pyridine rings is 1. The number of imidazole rings is 1. The normalized spacial score (nSPS) is 11.0. The van der Waals surface area contributed by atoms with E-state index in [1.54, 1.807) is 18.3 Å². The van der Waals surface area contributed by atoms with E-state index in [1.807, 2.05) is 17.6 Å². The maximum Gasteiger partial charge on any atom is 0.160 e. The molecule has 2 N–H and O–H groups in total. The van der Waals surface area contributed by atoms with E-state index in [0.29, 0.717) is 28.6 Å². The van der Waals surface area contributed by atoms with Gasteiger partial charge in [0, 0.05) is 11.8 Å². The Morgan fingerprint density at radius 1 is 1.38 bits per heavy atom. The van der Waals surface area contributed by atoms with Crippen LogP contribution in [-0.2, 0) is 6.54 Å². The second-order valence-corrected chi connectivity index (χ2v) is 5.38. The van der Waals surface area contributed by atoms with Crippen LogP contribution in [0, 0.1) is 12.7 Å². The Labute approximate surface area is 126 Å². The summed E-state index contributed by atoms with van der Waals surface area (Å²) in [6.45, 7) is 2.26. The summed E-state index contributed by atoms with van der Waals surface area (Å²) in [5.74, 6) is 0.293. The van der Waals surface area contributed by atoms with Crippen molar-refractivity contribution < 1.29 is 4.39 Å². The molecule has 1 aromatic carbocycles. The zero-order chi connectivity index (χ0) is 15.0. The Hall–Kier alpha value is -2.34. The molecule has 106 valence electrons. The summed E-state index contributed by atoms with van der Waals surface area (Å²) in [5, 5.41) is 0. The minimum absolute atomic E-state index is 0.313. The van der Waals surface area contributed by atoms with Crippen LogP contribution < -0.4 is 5.73 Å². The quantitative estimate of drug-likeness (QED) is 0.756. The van der Waals surface area contributed by atoms with Crippen molar-refractivity contribution in [1.82, 2.24) is 14.5 Å². The minimum Gasteiger partial charge on any atom is -0.392 e. The van der Waals surface area contributed by atoms with Gasteiger partial charge in [0.25, 0.3) is 0 Å². The molecule has 0 atom stereocenters. The maximum absolute atomic E-state index is 13.5. The number of hydrogen-bond acceptors (Lipinski definition) is 3. The van der Waals surface area contributed by atoms with Gasteiger partial charge in [-0.15, -0.1) is 0 Å². The third-order valence-corrected chi connectivity index (χ3v) is 3.25. The summed E-state index contributed by atoms with van der Waals surface area (Å²) in [6, 6.07) is 8.21. The Morgan fingerprint density at radius 3 is 2.90 bits per heavy atom. The number of nitrogens with two attached hydrogens (primary N) is 1. The van der Waals surface area contributed by atoms with Gasteiger partial charge in [-0.3, -0.25) is 0 Å². The van der Waals surface area contributed by atoms with Crippen LogP contribution in [0.2, 0.25) is 0 Å². The van der Waals surface area contributed by atoms with E-state index in [0.717, 1.165) is 11.1 Å². The summed E-state index contributed by atoms with van der Waals surface area (Å²) in [7, 11) is 0. The molecule has 3 aromatic rings. The van der Waals surface area contributed by atoms with Crippen LogP contribution in [-0.4, -0.2) is 19.5 Å². The van der Waals surface area contributed by atoms with Crippen molar-refractivity contribution in [2.24, 2.45) is 5.73 Å². The fourth-order valence-electron chi connectivity index (χ4n) is 2.27. The highest BCUT2D eigenvalue weighted by atomic mass is 32.1. The molecule has 6 heteroatoms. The molecular formula is C15H13FN4S. The summed E-state index contributed by atoms with van der Waals surface area (Å²) in [6.07, 6.45) is 1.76. The Morgan fingerprint density at radius 2 is 2.19 bits per heavy atom. The molecule has 0 aliphatic heterocycles. The second kappa shape index (κ2) is 5.21. The average molecular weight is 300 g/mol. The lowest BCUT2D eigenvalue weighted by Crippen LogP contribution is -2.17. The van der Waals surface area contributed by atoms with Gasteiger partial charge in [-0.2, -0.15) is 0 Å². The van der Waals surface area contributed by atoms with Crippen LogP contribution in [0.4, 0.5) is 4.39 Å². The molecule has 0 saturated heterocycles. The van der Waals surface area contributed by atoms with Gasteiger partial charge in [0.15, 0.2) is 5.65 Å². The minimum atomic E-state index is -0.314. The molecule has 21 heavy (non-hydrogen) atoms. The molecule has 0 aliphatic rings. The molecule has 0 saturated carbocycles. The SMILES string of the molecule is Cc1cnc2c(c1)nc(-c1cccc(F)c1)n2CC(N)=S. The first-order chi connectivity index (χ1) is 10.0.